The fourth-order valence-corrected chi connectivity index (χ4v) is 2.65. The normalized spacial score (nSPS) is 36.6. The molecule has 0 bridgehead atoms. The quantitative estimate of drug-likeness (QED) is 0.633. The van der Waals surface area contributed by atoms with Crippen LogP contribution in [0, 0.1) is 0 Å². The molecule has 1 heterocycles. The first kappa shape index (κ1) is 8.57. The van der Waals surface area contributed by atoms with Crippen LogP contribution in [0.3, 0.4) is 0 Å². The van der Waals surface area contributed by atoms with Gasteiger partial charge >= 0.3 is 0 Å². The number of hydrogen-bond donors (Lipinski definition) is 1. The summed E-state index contributed by atoms with van der Waals surface area (Å²) in [4.78, 5) is 3.01. The van der Waals surface area contributed by atoms with Gasteiger partial charge in [-0.2, -0.15) is 0 Å². The van der Waals surface area contributed by atoms with Crippen LogP contribution < -0.4 is 5.32 Å². The minimum Gasteiger partial charge on any atom is -0.386 e. The maximum atomic E-state index is 3.64. The highest BCUT2D eigenvalue weighted by molar-refractivity contribution is 9.09. The van der Waals surface area contributed by atoms with E-state index in [9.17, 15) is 0 Å². The Kier molecular flexibility index (Phi) is 2.17. The molecule has 2 aliphatic rings. The van der Waals surface area contributed by atoms with E-state index in [4.69, 9.17) is 0 Å². The molecule has 1 aliphatic heterocycles. The van der Waals surface area contributed by atoms with Gasteiger partial charge in [0.15, 0.2) is 0 Å². The average molecular weight is 231 g/mol. The summed E-state index contributed by atoms with van der Waals surface area (Å²) >= 11 is 3.64. The minimum absolute atomic E-state index is 0.603. The van der Waals surface area contributed by atoms with Gasteiger partial charge in [-0.1, -0.05) is 15.9 Å². The predicted molar refractivity (Wildman–Crippen MR) is 54.5 cm³/mol. The van der Waals surface area contributed by atoms with Gasteiger partial charge in [0.05, 0.1) is 4.83 Å². The molecule has 3 heteroatoms. The minimum atomic E-state index is 0.603. The summed E-state index contributed by atoms with van der Waals surface area (Å²) in [6.45, 7) is 4.49. The Balaban J connectivity index is 2.11. The van der Waals surface area contributed by atoms with Gasteiger partial charge in [0.2, 0.25) is 0 Å². The molecule has 0 aromatic heterocycles. The molecular formula is C9H15BrN2. The lowest BCUT2D eigenvalue weighted by Crippen LogP contribution is -2.34. The average Bonchev–Trinajstić information content (AvgIpc) is 2.11. The highest BCUT2D eigenvalue weighted by Crippen LogP contribution is 2.34. The van der Waals surface area contributed by atoms with Crippen LogP contribution in [0.4, 0.5) is 0 Å². The van der Waals surface area contributed by atoms with Crippen LogP contribution >= 0.6 is 15.9 Å². The van der Waals surface area contributed by atoms with Crippen LogP contribution in [0.5, 0.6) is 0 Å². The Bertz CT molecular complexity index is 225. The van der Waals surface area contributed by atoms with Crippen LogP contribution in [0.2, 0.25) is 0 Å². The molecule has 0 spiro atoms. The highest BCUT2D eigenvalue weighted by Gasteiger charge is 2.30. The summed E-state index contributed by atoms with van der Waals surface area (Å²) in [5.74, 6) is 0. The number of halogens is 1. The predicted octanol–water partition coefficient (Wildman–Crippen LogP) is 1.33. The van der Waals surface area contributed by atoms with Gasteiger partial charge in [-0.05, 0) is 26.0 Å². The second-order valence-corrected chi connectivity index (χ2v) is 4.94. The first-order chi connectivity index (χ1) is 5.68. The Morgan fingerprint density at radius 1 is 1.58 bits per heavy atom. The van der Waals surface area contributed by atoms with E-state index in [0.29, 0.717) is 10.9 Å². The number of nitrogens with zero attached hydrogens (tertiary/aromatic N) is 1. The van der Waals surface area contributed by atoms with Gasteiger partial charge in [-0.15, -0.1) is 0 Å². The molecule has 0 radical (unpaired) electrons. The molecule has 0 aromatic rings. The summed E-state index contributed by atoms with van der Waals surface area (Å²) in [5, 5.41) is 3.50. The van der Waals surface area contributed by atoms with Crippen molar-refractivity contribution in [2.45, 2.75) is 24.2 Å². The summed E-state index contributed by atoms with van der Waals surface area (Å²) in [7, 11) is 2.20. The topological polar surface area (TPSA) is 15.3 Å². The van der Waals surface area contributed by atoms with Gasteiger partial charge in [0.1, 0.15) is 0 Å². The highest BCUT2D eigenvalue weighted by atomic mass is 79.9. The van der Waals surface area contributed by atoms with Crippen molar-refractivity contribution in [2.75, 3.05) is 20.1 Å². The number of likely N-dealkylation sites (N-methyl/N-ethyl adjacent to an activating group) is 1. The monoisotopic (exact) mass is 230 g/mol. The van der Waals surface area contributed by atoms with Gasteiger partial charge in [0, 0.05) is 24.8 Å². The Morgan fingerprint density at radius 3 is 3.00 bits per heavy atom. The zero-order chi connectivity index (χ0) is 8.72. The molecule has 1 N–H and O–H groups in total. The lowest BCUT2D eigenvalue weighted by atomic mass is 9.94. The first-order valence-electron chi connectivity index (χ1n) is 4.48. The van der Waals surface area contributed by atoms with Crippen molar-refractivity contribution in [1.29, 1.82) is 0 Å². The fourth-order valence-electron chi connectivity index (χ4n) is 1.77. The van der Waals surface area contributed by atoms with Crippen molar-refractivity contribution in [3.8, 4) is 0 Å². The van der Waals surface area contributed by atoms with Crippen molar-refractivity contribution < 1.29 is 0 Å². The third-order valence-electron chi connectivity index (χ3n) is 2.90. The molecule has 0 fully saturated rings. The van der Waals surface area contributed by atoms with E-state index < -0.39 is 0 Å². The van der Waals surface area contributed by atoms with Crippen molar-refractivity contribution >= 4 is 15.9 Å². The van der Waals surface area contributed by atoms with Crippen LogP contribution in [0.25, 0.3) is 0 Å². The van der Waals surface area contributed by atoms with E-state index in [-0.39, 0.29) is 0 Å². The number of hydrogen-bond acceptors (Lipinski definition) is 2. The molecule has 0 saturated carbocycles. The number of nitrogens with one attached hydrogen (secondary N) is 1. The zero-order valence-corrected chi connectivity index (χ0v) is 9.19. The van der Waals surface area contributed by atoms with E-state index in [1.54, 1.807) is 5.57 Å². The van der Waals surface area contributed by atoms with E-state index in [2.05, 4.69) is 40.1 Å². The molecule has 68 valence electrons. The summed E-state index contributed by atoms with van der Waals surface area (Å²) in [6, 6.07) is 0.648. The maximum Gasteiger partial charge on any atom is 0.0580 e. The lowest BCUT2D eigenvalue weighted by molar-refractivity contribution is 0.284. The van der Waals surface area contributed by atoms with Crippen LogP contribution in [0.1, 0.15) is 13.3 Å². The third kappa shape index (κ3) is 1.29. The van der Waals surface area contributed by atoms with Crippen LogP contribution in [-0.4, -0.2) is 35.9 Å². The molecule has 12 heavy (non-hydrogen) atoms. The summed E-state index contributed by atoms with van der Waals surface area (Å²) < 4.78 is 0. The Hall–Kier alpha value is -0.0200. The molecular weight excluding hydrogens is 216 g/mol. The lowest BCUT2D eigenvalue weighted by Gasteiger charge is -2.29. The number of alkyl halides is 1. The molecule has 1 aliphatic carbocycles. The Labute approximate surface area is 82.1 Å². The van der Waals surface area contributed by atoms with Gasteiger partial charge in [-0.25, -0.2) is 0 Å². The van der Waals surface area contributed by atoms with Crippen molar-refractivity contribution in [3.63, 3.8) is 0 Å². The summed E-state index contributed by atoms with van der Waals surface area (Å²) in [6.07, 6.45) is 1.22. The first-order valence-corrected chi connectivity index (χ1v) is 5.40. The molecule has 0 aromatic carbocycles. The molecule has 2 rings (SSSR count). The van der Waals surface area contributed by atoms with Crippen molar-refractivity contribution in [3.05, 3.63) is 11.3 Å². The second kappa shape index (κ2) is 3.04. The van der Waals surface area contributed by atoms with Gasteiger partial charge in [-0.3, -0.25) is 4.90 Å². The molecule has 0 saturated heterocycles. The van der Waals surface area contributed by atoms with Gasteiger partial charge in [0.25, 0.3) is 0 Å². The third-order valence-corrected chi connectivity index (χ3v) is 3.68. The second-order valence-electron chi connectivity index (χ2n) is 3.83. The van der Waals surface area contributed by atoms with Crippen molar-refractivity contribution in [2.24, 2.45) is 0 Å². The van der Waals surface area contributed by atoms with E-state index in [1.165, 1.54) is 12.1 Å². The van der Waals surface area contributed by atoms with E-state index in [0.717, 1.165) is 13.1 Å². The van der Waals surface area contributed by atoms with Crippen LogP contribution in [0.15, 0.2) is 11.3 Å². The molecule has 0 amide bonds. The fraction of sp³-hybridized carbons (Fsp3) is 0.778. The Morgan fingerprint density at radius 2 is 2.33 bits per heavy atom. The van der Waals surface area contributed by atoms with Crippen LogP contribution in [-0.2, 0) is 0 Å². The van der Waals surface area contributed by atoms with E-state index in [1.807, 2.05) is 0 Å². The number of rotatable bonds is 0. The molecule has 0 unspecified atom stereocenters. The smallest absolute Gasteiger partial charge is 0.0580 e. The maximum absolute atomic E-state index is 3.64. The molecule has 2 atom stereocenters. The number of allylic oxidation sites excluding steroid dienone is 1. The van der Waals surface area contributed by atoms with Gasteiger partial charge < -0.3 is 5.32 Å². The molecule has 2 nitrogen and oxygen atoms in total. The SMILES string of the molecule is C[C@@H]1CNC2=C(C[C@@H]2Br)CN1C. The zero-order valence-electron chi connectivity index (χ0n) is 7.60. The largest absolute Gasteiger partial charge is 0.386 e. The standard InChI is InChI=1S/C9H15BrN2/c1-6-4-11-9-7(3-8(9)10)5-12(6)2/h6,8,11H,3-5H2,1-2H3/t6-,8+/m1/s1. The van der Waals surface area contributed by atoms with Crippen molar-refractivity contribution in [1.82, 2.24) is 10.2 Å². The summed E-state index contributed by atoms with van der Waals surface area (Å²) in [5.41, 5.74) is 3.04. The van der Waals surface area contributed by atoms with E-state index >= 15 is 0 Å².